The summed E-state index contributed by atoms with van der Waals surface area (Å²) in [6, 6.07) is 15.1. The van der Waals surface area contributed by atoms with Crippen LogP contribution in [0.4, 0.5) is 0 Å². The van der Waals surface area contributed by atoms with E-state index in [1.165, 1.54) is 0 Å². The van der Waals surface area contributed by atoms with Crippen molar-refractivity contribution in [1.29, 1.82) is 0 Å². The normalized spacial score (nSPS) is 11.0. The molecule has 4 aromatic rings. The molecule has 0 aliphatic heterocycles. The summed E-state index contributed by atoms with van der Waals surface area (Å²) in [4.78, 5) is 40.0. The quantitative estimate of drug-likeness (QED) is 0.443. The zero-order chi connectivity index (χ0) is 19.0. The summed E-state index contributed by atoms with van der Waals surface area (Å²) in [5, 5.41) is 1.15. The highest BCUT2D eigenvalue weighted by atomic mass is 16.5. The maximum Gasteiger partial charge on any atom is 0.374 e. The van der Waals surface area contributed by atoms with Gasteiger partial charge < -0.3 is 14.1 Å². The number of hydrogen-bond acceptors (Lipinski definition) is 5. The van der Waals surface area contributed by atoms with Crippen molar-refractivity contribution in [3.8, 4) is 0 Å². The molecule has 4 rings (SSSR count). The minimum atomic E-state index is -0.858. The molecule has 2 aromatic carbocycles. The van der Waals surface area contributed by atoms with Gasteiger partial charge in [-0.05, 0) is 25.1 Å². The molecule has 0 bridgehead atoms. The van der Waals surface area contributed by atoms with Crippen molar-refractivity contribution in [3.05, 3.63) is 81.8 Å². The van der Waals surface area contributed by atoms with Crippen LogP contribution in [0.15, 0.2) is 63.8 Å². The van der Waals surface area contributed by atoms with E-state index < -0.39 is 12.6 Å². The maximum atomic E-state index is 12.6. The predicted molar refractivity (Wildman–Crippen MR) is 100 cm³/mol. The number of aromatic nitrogens is 1. The van der Waals surface area contributed by atoms with Crippen molar-refractivity contribution in [2.75, 3.05) is 6.61 Å². The summed E-state index contributed by atoms with van der Waals surface area (Å²) in [5.41, 5.74) is 1.97. The first-order valence-electron chi connectivity index (χ1n) is 8.35. The van der Waals surface area contributed by atoms with Crippen molar-refractivity contribution in [2.24, 2.45) is 0 Å². The lowest BCUT2D eigenvalue weighted by atomic mass is 10.1. The van der Waals surface area contributed by atoms with Gasteiger partial charge in [0.1, 0.15) is 5.58 Å². The number of para-hydroxylation sites is 2. The van der Waals surface area contributed by atoms with Gasteiger partial charge in [0.25, 0.3) is 0 Å². The summed E-state index contributed by atoms with van der Waals surface area (Å²) in [6.45, 7) is 1.34. The Kier molecular flexibility index (Phi) is 4.08. The standard InChI is InChI=1S/C21H15NO5/c1-12-20(13-6-2-4-8-15(13)22-12)17(24)11-26-21(25)19-10-16(23)14-7-3-5-9-18(14)27-19/h2-10,22H,11H2,1H3. The van der Waals surface area contributed by atoms with Gasteiger partial charge >= 0.3 is 5.97 Å². The molecular formula is C21H15NO5. The molecule has 0 fully saturated rings. The third-order valence-electron chi connectivity index (χ3n) is 4.34. The van der Waals surface area contributed by atoms with Crippen LogP contribution >= 0.6 is 0 Å². The maximum absolute atomic E-state index is 12.6. The number of fused-ring (bicyclic) bond motifs is 2. The van der Waals surface area contributed by atoms with Crippen LogP contribution in [-0.4, -0.2) is 23.3 Å². The summed E-state index contributed by atoms with van der Waals surface area (Å²) in [7, 11) is 0. The van der Waals surface area contributed by atoms with Crippen LogP contribution in [0, 0.1) is 6.92 Å². The molecule has 27 heavy (non-hydrogen) atoms. The topological polar surface area (TPSA) is 89.4 Å². The monoisotopic (exact) mass is 361 g/mol. The van der Waals surface area contributed by atoms with Crippen LogP contribution in [0.25, 0.3) is 21.9 Å². The lowest BCUT2D eigenvalue weighted by Gasteiger charge is -2.05. The Morgan fingerprint density at radius 3 is 2.56 bits per heavy atom. The highest BCUT2D eigenvalue weighted by Crippen LogP contribution is 2.22. The Labute approximate surface area is 153 Å². The highest BCUT2D eigenvalue weighted by Gasteiger charge is 2.19. The number of aryl methyl sites for hydroxylation is 1. The van der Waals surface area contributed by atoms with Crippen LogP contribution < -0.4 is 5.43 Å². The molecular weight excluding hydrogens is 346 g/mol. The van der Waals surface area contributed by atoms with E-state index in [1.54, 1.807) is 31.2 Å². The second-order valence-electron chi connectivity index (χ2n) is 6.14. The average molecular weight is 361 g/mol. The first-order valence-corrected chi connectivity index (χ1v) is 8.35. The number of rotatable bonds is 4. The van der Waals surface area contributed by atoms with Crippen molar-refractivity contribution in [3.63, 3.8) is 0 Å². The number of carbonyl (C=O) groups excluding carboxylic acids is 2. The molecule has 6 nitrogen and oxygen atoms in total. The van der Waals surface area contributed by atoms with E-state index in [2.05, 4.69) is 4.98 Å². The first kappa shape index (κ1) is 16.8. The fraction of sp³-hybridized carbons (Fsp3) is 0.0952. The van der Waals surface area contributed by atoms with E-state index in [4.69, 9.17) is 9.15 Å². The van der Waals surface area contributed by atoms with E-state index in [1.807, 2.05) is 24.3 Å². The van der Waals surface area contributed by atoms with E-state index >= 15 is 0 Å². The van der Waals surface area contributed by atoms with Gasteiger partial charge in [-0.15, -0.1) is 0 Å². The number of ether oxygens (including phenoxy) is 1. The number of Topliss-reactive ketones (excluding diaryl/α,β-unsaturated/α-hetero) is 1. The molecule has 0 saturated heterocycles. The Bertz CT molecular complexity index is 1250. The molecule has 0 unspecified atom stereocenters. The van der Waals surface area contributed by atoms with Crippen LogP contribution in [0.1, 0.15) is 26.6 Å². The van der Waals surface area contributed by atoms with E-state index in [9.17, 15) is 14.4 Å². The molecule has 6 heteroatoms. The smallest absolute Gasteiger partial charge is 0.374 e. The van der Waals surface area contributed by atoms with Gasteiger partial charge in [-0.25, -0.2) is 4.79 Å². The zero-order valence-corrected chi connectivity index (χ0v) is 14.4. The average Bonchev–Trinajstić information content (AvgIpc) is 3.01. The summed E-state index contributed by atoms with van der Waals surface area (Å²) in [6.07, 6.45) is 0. The summed E-state index contributed by atoms with van der Waals surface area (Å²) in [5.74, 6) is -1.42. The van der Waals surface area contributed by atoms with Gasteiger partial charge in [0.05, 0.1) is 5.39 Å². The zero-order valence-electron chi connectivity index (χ0n) is 14.4. The largest absolute Gasteiger partial charge is 0.451 e. The molecule has 1 N–H and O–H groups in total. The third kappa shape index (κ3) is 3.01. The number of esters is 1. The van der Waals surface area contributed by atoms with Gasteiger partial charge in [0.2, 0.25) is 11.5 Å². The number of ketones is 1. The van der Waals surface area contributed by atoms with E-state index in [-0.39, 0.29) is 22.6 Å². The number of carbonyl (C=O) groups is 2. The molecule has 2 aromatic heterocycles. The Hall–Kier alpha value is -3.67. The summed E-state index contributed by atoms with van der Waals surface area (Å²) >= 11 is 0. The molecule has 0 radical (unpaired) electrons. The van der Waals surface area contributed by atoms with Crippen molar-refractivity contribution >= 4 is 33.6 Å². The minimum absolute atomic E-state index is 0.234. The van der Waals surface area contributed by atoms with Gasteiger partial charge in [0, 0.05) is 28.2 Å². The molecule has 0 saturated carbocycles. The van der Waals surface area contributed by atoms with Crippen molar-refractivity contribution < 1.29 is 18.7 Å². The molecule has 2 heterocycles. The third-order valence-corrected chi connectivity index (χ3v) is 4.34. The molecule has 0 aliphatic rings. The second kappa shape index (κ2) is 6.57. The molecule has 134 valence electrons. The highest BCUT2D eigenvalue weighted by molar-refractivity contribution is 6.10. The van der Waals surface area contributed by atoms with Gasteiger partial charge in [-0.1, -0.05) is 30.3 Å². The fourth-order valence-corrected chi connectivity index (χ4v) is 3.11. The van der Waals surface area contributed by atoms with Crippen LogP contribution in [0.3, 0.4) is 0 Å². The van der Waals surface area contributed by atoms with Crippen LogP contribution in [-0.2, 0) is 4.74 Å². The summed E-state index contributed by atoms with van der Waals surface area (Å²) < 4.78 is 10.5. The molecule has 0 aliphatic carbocycles. The predicted octanol–water partition coefficient (Wildman–Crippen LogP) is 3.62. The number of benzene rings is 2. The lowest BCUT2D eigenvalue weighted by Crippen LogP contribution is -2.16. The Morgan fingerprint density at radius 1 is 1.04 bits per heavy atom. The van der Waals surface area contributed by atoms with Crippen LogP contribution in [0.2, 0.25) is 0 Å². The Morgan fingerprint density at radius 2 is 1.74 bits per heavy atom. The number of aromatic amines is 1. The van der Waals surface area contributed by atoms with Gasteiger partial charge in [-0.2, -0.15) is 0 Å². The van der Waals surface area contributed by atoms with Crippen molar-refractivity contribution in [1.82, 2.24) is 4.98 Å². The lowest BCUT2D eigenvalue weighted by molar-refractivity contribution is 0.0444. The van der Waals surface area contributed by atoms with Crippen LogP contribution in [0.5, 0.6) is 0 Å². The minimum Gasteiger partial charge on any atom is -0.451 e. The SMILES string of the molecule is Cc1[nH]c2ccccc2c1C(=O)COC(=O)c1cc(=O)c2ccccc2o1. The molecule has 0 amide bonds. The number of H-pyrrole nitrogens is 1. The van der Waals surface area contributed by atoms with E-state index in [0.717, 1.165) is 17.0 Å². The molecule has 0 atom stereocenters. The first-order chi connectivity index (χ1) is 13.0. The fourth-order valence-electron chi connectivity index (χ4n) is 3.11. The molecule has 0 spiro atoms. The Balaban J connectivity index is 1.56. The van der Waals surface area contributed by atoms with Crippen molar-refractivity contribution in [2.45, 2.75) is 6.92 Å². The number of hydrogen-bond donors (Lipinski definition) is 1. The van der Waals surface area contributed by atoms with Gasteiger partial charge in [-0.3, -0.25) is 9.59 Å². The number of nitrogens with one attached hydrogen (secondary N) is 1. The second-order valence-corrected chi connectivity index (χ2v) is 6.14. The van der Waals surface area contributed by atoms with E-state index in [0.29, 0.717) is 16.6 Å². The van der Waals surface area contributed by atoms with Gasteiger partial charge in [0.15, 0.2) is 12.0 Å².